The minimum absolute atomic E-state index is 0.0286. The first kappa shape index (κ1) is 22.6. The van der Waals surface area contributed by atoms with Crippen LogP contribution >= 0.6 is 0 Å². The maximum absolute atomic E-state index is 9.92. The molecule has 4 heteroatoms. The average molecular weight is 427 g/mol. The predicted octanol–water partition coefficient (Wildman–Crippen LogP) is 7.07. The Bertz CT molecular complexity index is 810. The molecule has 3 saturated carbocycles. The van der Waals surface area contributed by atoms with Crippen molar-refractivity contribution >= 4 is 11.4 Å². The van der Waals surface area contributed by atoms with Gasteiger partial charge in [0, 0.05) is 0 Å². The van der Waals surface area contributed by atoms with Gasteiger partial charge in [-0.3, -0.25) is 0 Å². The number of fused-ring (bicyclic) bond motifs is 5. The molecule has 0 aliphatic heterocycles. The van der Waals surface area contributed by atoms with Gasteiger partial charge < -0.3 is 10.4 Å². The number of hydrogen-bond donors (Lipinski definition) is 2. The molecule has 7 atom stereocenters. The third-order valence-corrected chi connectivity index (χ3v) is 9.83. The van der Waals surface area contributed by atoms with Gasteiger partial charge in [-0.25, -0.2) is 0 Å². The lowest BCUT2D eigenvalue weighted by molar-refractivity contribution is -0.0384. The first-order valence-electron chi connectivity index (χ1n) is 12.6. The van der Waals surface area contributed by atoms with Crippen molar-refractivity contribution in [3.8, 4) is 0 Å². The molecule has 2 N–H and O–H groups in total. The lowest BCUT2D eigenvalue weighted by atomic mass is 9.46. The lowest BCUT2D eigenvalue weighted by Crippen LogP contribution is -2.53. The normalized spacial score (nSPS) is 43.7. The fourth-order valence-electron chi connectivity index (χ4n) is 8.20. The molecular formula is C27H42N2O2. The van der Waals surface area contributed by atoms with Crippen LogP contribution in [0.4, 0.5) is 0 Å². The minimum Gasteiger partial charge on any atom is -0.411 e. The summed E-state index contributed by atoms with van der Waals surface area (Å²) in [7, 11) is 0. The largest absolute Gasteiger partial charge is 0.411 e. The standard InChI is InChI=1S/C27H42N2O2/c1-17(2)7-6-8-18(3)21-9-10-22-20-16-25(29-31)24-15-19(28-30)11-13-27(24,5)23(20)12-14-26(21,22)4/h6,8,15,17-18,20-23,30-31H,7,9-14,16H2,1-5H3/t18-,20+,21-,22+,23+,26-,27-/m1/s1. The Labute approximate surface area is 188 Å². The second-order valence-corrected chi connectivity index (χ2v) is 11.8. The molecule has 0 saturated heterocycles. The molecule has 0 spiro atoms. The van der Waals surface area contributed by atoms with E-state index in [4.69, 9.17) is 0 Å². The Balaban J connectivity index is 1.61. The van der Waals surface area contributed by atoms with E-state index in [1.54, 1.807) is 0 Å². The molecule has 4 nitrogen and oxygen atoms in total. The molecular weight excluding hydrogens is 384 g/mol. The summed E-state index contributed by atoms with van der Waals surface area (Å²) in [5.74, 6) is 4.04. The number of oxime groups is 2. The first-order valence-corrected chi connectivity index (χ1v) is 12.6. The molecule has 0 radical (unpaired) electrons. The van der Waals surface area contributed by atoms with Gasteiger partial charge in [-0.1, -0.05) is 57.1 Å². The first-order chi connectivity index (χ1) is 14.7. The van der Waals surface area contributed by atoms with Crippen molar-refractivity contribution < 1.29 is 10.4 Å². The summed E-state index contributed by atoms with van der Waals surface area (Å²) in [5.41, 5.74) is 3.09. The molecule has 3 fully saturated rings. The Morgan fingerprint density at radius 1 is 1.06 bits per heavy atom. The van der Waals surface area contributed by atoms with E-state index in [1.807, 2.05) is 6.08 Å². The van der Waals surface area contributed by atoms with Crippen molar-refractivity contribution in [2.24, 2.45) is 56.6 Å². The van der Waals surface area contributed by atoms with Crippen LogP contribution in [0.2, 0.25) is 0 Å². The van der Waals surface area contributed by atoms with E-state index in [0.29, 0.717) is 29.1 Å². The average Bonchev–Trinajstić information content (AvgIpc) is 3.09. The summed E-state index contributed by atoms with van der Waals surface area (Å²) in [4.78, 5) is 0. The highest BCUT2D eigenvalue weighted by atomic mass is 16.4. The van der Waals surface area contributed by atoms with Crippen LogP contribution in [0.5, 0.6) is 0 Å². The van der Waals surface area contributed by atoms with Gasteiger partial charge >= 0.3 is 0 Å². The smallest absolute Gasteiger partial charge is 0.0836 e. The van der Waals surface area contributed by atoms with Gasteiger partial charge in [-0.2, -0.15) is 0 Å². The summed E-state index contributed by atoms with van der Waals surface area (Å²) < 4.78 is 0. The van der Waals surface area contributed by atoms with Crippen molar-refractivity contribution in [2.75, 3.05) is 0 Å². The van der Waals surface area contributed by atoms with Crippen LogP contribution in [-0.2, 0) is 0 Å². The van der Waals surface area contributed by atoms with Crippen molar-refractivity contribution in [3.63, 3.8) is 0 Å². The van der Waals surface area contributed by atoms with Gasteiger partial charge in [0.05, 0.1) is 11.4 Å². The van der Waals surface area contributed by atoms with E-state index < -0.39 is 0 Å². The lowest BCUT2D eigenvalue weighted by Gasteiger charge is -2.58. The maximum Gasteiger partial charge on any atom is 0.0836 e. The predicted molar refractivity (Wildman–Crippen MR) is 127 cm³/mol. The molecule has 4 rings (SSSR count). The van der Waals surface area contributed by atoms with Crippen molar-refractivity contribution in [1.82, 2.24) is 0 Å². The maximum atomic E-state index is 9.92. The Morgan fingerprint density at radius 2 is 1.84 bits per heavy atom. The van der Waals surface area contributed by atoms with E-state index in [1.165, 1.54) is 32.1 Å². The highest BCUT2D eigenvalue weighted by Crippen LogP contribution is 2.67. The van der Waals surface area contributed by atoms with Gasteiger partial charge in [-0.05, 0) is 109 Å². The summed E-state index contributed by atoms with van der Waals surface area (Å²) in [5, 5.41) is 26.5. The Kier molecular flexibility index (Phi) is 6.13. The van der Waals surface area contributed by atoms with Gasteiger partial charge in [0.2, 0.25) is 0 Å². The van der Waals surface area contributed by atoms with Gasteiger partial charge in [-0.15, -0.1) is 0 Å². The van der Waals surface area contributed by atoms with Crippen LogP contribution in [-0.4, -0.2) is 21.8 Å². The van der Waals surface area contributed by atoms with E-state index >= 15 is 0 Å². The molecule has 0 bridgehead atoms. The monoisotopic (exact) mass is 426 g/mol. The second-order valence-electron chi connectivity index (χ2n) is 11.8. The highest BCUT2D eigenvalue weighted by molar-refractivity contribution is 6.09. The van der Waals surface area contributed by atoms with Crippen LogP contribution in [0.15, 0.2) is 34.1 Å². The Morgan fingerprint density at radius 3 is 2.52 bits per heavy atom. The van der Waals surface area contributed by atoms with E-state index in [9.17, 15) is 10.4 Å². The molecule has 31 heavy (non-hydrogen) atoms. The molecule has 4 aliphatic rings. The zero-order valence-electron chi connectivity index (χ0n) is 20.1. The molecule has 0 aromatic heterocycles. The molecule has 0 unspecified atom stereocenters. The molecule has 0 heterocycles. The zero-order chi connectivity index (χ0) is 22.4. The second kappa shape index (κ2) is 8.41. The van der Waals surface area contributed by atoms with Crippen molar-refractivity contribution in [2.45, 2.75) is 86.0 Å². The molecule has 0 aromatic rings. The zero-order valence-corrected chi connectivity index (χ0v) is 20.1. The van der Waals surface area contributed by atoms with Crippen molar-refractivity contribution in [1.29, 1.82) is 0 Å². The number of rotatable bonds is 4. The van der Waals surface area contributed by atoms with Crippen LogP contribution in [0.25, 0.3) is 0 Å². The van der Waals surface area contributed by atoms with E-state index in [0.717, 1.165) is 48.1 Å². The van der Waals surface area contributed by atoms with Crippen LogP contribution < -0.4 is 0 Å². The SMILES string of the molecule is CC(C)CC=C[C@@H](C)[C@H]1CC[C@H]2[C@@H]3CC(=NO)C4=CC(=NO)CC[C@]4(C)[C@H]3CC[C@]12C. The molecule has 4 aliphatic carbocycles. The van der Waals surface area contributed by atoms with E-state index in [-0.39, 0.29) is 5.41 Å². The topological polar surface area (TPSA) is 65.2 Å². The summed E-state index contributed by atoms with van der Waals surface area (Å²) in [6.07, 6.45) is 15.9. The fourth-order valence-corrected chi connectivity index (χ4v) is 8.20. The number of hydrogen-bond acceptors (Lipinski definition) is 4. The molecule has 0 amide bonds. The highest BCUT2D eigenvalue weighted by Gasteiger charge is 2.60. The molecule has 172 valence electrons. The number of allylic oxidation sites excluding steroid dienone is 4. The quantitative estimate of drug-likeness (QED) is 0.287. The van der Waals surface area contributed by atoms with Crippen LogP contribution in [0, 0.1) is 46.3 Å². The van der Waals surface area contributed by atoms with Gasteiger partial charge in [0.25, 0.3) is 0 Å². The summed E-state index contributed by atoms with van der Waals surface area (Å²) >= 11 is 0. The van der Waals surface area contributed by atoms with Gasteiger partial charge in [0.15, 0.2) is 0 Å². The van der Waals surface area contributed by atoms with Crippen LogP contribution in [0.3, 0.4) is 0 Å². The van der Waals surface area contributed by atoms with Gasteiger partial charge in [0.1, 0.15) is 0 Å². The third-order valence-electron chi connectivity index (χ3n) is 9.83. The summed E-state index contributed by atoms with van der Waals surface area (Å²) in [6, 6.07) is 0. The summed E-state index contributed by atoms with van der Waals surface area (Å²) in [6.45, 7) is 12.0. The molecule has 0 aromatic carbocycles. The Hall–Kier alpha value is -1.58. The minimum atomic E-state index is 0.0286. The third kappa shape index (κ3) is 3.68. The number of nitrogens with zero attached hydrogens (tertiary/aromatic N) is 2. The van der Waals surface area contributed by atoms with E-state index in [2.05, 4.69) is 57.1 Å². The van der Waals surface area contributed by atoms with Crippen LogP contribution in [0.1, 0.15) is 86.0 Å². The van der Waals surface area contributed by atoms with Crippen molar-refractivity contribution in [3.05, 3.63) is 23.8 Å². The fraction of sp³-hybridized carbons (Fsp3) is 0.778.